The third-order valence-corrected chi connectivity index (χ3v) is 2.81. The lowest BCUT2D eigenvalue weighted by Gasteiger charge is -2.25. The van der Waals surface area contributed by atoms with Crippen LogP contribution in [0.4, 0.5) is 4.79 Å². The first-order chi connectivity index (χ1) is 7.87. The van der Waals surface area contributed by atoms with Crippen molar-refractivity contribution < 1.29 is 9.59 Å². The molecule has 4 N–H and O–H groups in total. The second kappa shape index (κ2) is 7.11. The number of nitrogens with zero attached hydrogens (tertiary/aromatic N) is 1. The lowest BCUT2D eigenvalue weighted by atomic mass is 9.93. The summed E-state index contributed by atoms with van der Waals surface area (Å²) in [6.45, 7) is 4.55. The molecule has 0 aromatic heterocycles. The molecule has 0 bridgehead atoms. The van der Waals surface area contributed by atoms with Crippen molar-refractivity contribution in [1.82, 2.24) is 15.5 Å². The van der Waals surface area contributed by atoms with E-state index < -0.39 is 5.54 Å². The van der Waals surface area contributed by atoms with Crippen molar-refractivity contribution >= 4 is 11.9 Å². The maximum Gasteiger partial charge on any atom is 0.316 e. The van der Waals surface area contributed by atoms with Gasteiger partial charge in [0.2, 0.25) is 5.91 Å². The Morgan fingerprint density at radius 3 is 2.00 bits per heavy atom. The van der Waals surface area contributed by atoms with Gasteiger partial charge in [-0.25, -0.2) is 4.79 Å². The van der Waals surface area contributed by atoms with Gasteiger partial charge in [0.1, 0.15) is 0 Å². The van der Waals surface area contributed by atoms with Crippen LogP contribution in [0.2, 0.25) is 0 Å². The fourth-order valence-corrected chi connectivity index (χ4v) is 1.25. The van der Waals surface area contributed by atoms with Crippen LogP contribution < -0.4 is 16.4 Å². The van der Waals surface area contributed by atoms with E-state index in [1.807, 2.05) is 13.8 Å². The third-order valence-electron chi connectivity index (χ3n) is 2.81. The van der Waals surface area contributed by atoms with E-state index in [1.165, 1.54) is 4.90 Å². The van der Waals surface area contributed by atoms with Gasteiger partial charge >= 0.3 is 6.03 Å². The Balaban J connectivity index is 3.90. The van der Waals surface area contributed by atoms with Crippen LogP contribution in [0.1, 0.15) is 26.7 Å². The summed E-state index contributed by atoms with van der Waals surface area (Å²) in [7, 11) is 3.32. The average molecular weight is 244 g/mol. The smallest absolute Gasteiger partial charge is 0.316 e. The standard InChI is InChI=1S/C11H24N4O2/c1-5-11(12,6-2)9(16)13-7-8-14-10(17)15(3)4/h5-8,12H2,1-4H3,(H,13,16)(H,14,17). The van der Waals surface area contributed by atoms with Gasteiger partial charge in [-0.1, -0.05) is 13.8 Å². The number of carbonyl (C=O) groups is 2. The minimum atomic E-state index is -0.800. The minimum absolute atomic E-state index is 0.165. The maximum absolute atomic E-state index is 11.7. The predicted octanol–water partition coefficient (Wildman–Crippen LogP) is -0.109. The first kappa shape index (κ1) is 15.7. The van der Waals surface area contributed by atoms with Crippen LogP contribution in [0, 0.1) is 0 Å². The Kier molecular flexibility index (Phi) is 6.57. The summed E-state index contributed by atoms with van der Waals surface area (Å²) in [5, 5.41) is 5.38. The van der Waals surface area contributed by atoms with E-state index >= 15 is 0 Å². The largest absolute Gasteiger partial charge is 0.353 e. The van der Waals surface area contributed by atoms with E-state index in [-0.39, 0.29) is 11.9 Å². The lowest BCUT2D eigenvalue weighted by molar-refractivity contribution is -0.126. The molecule has 6 heteroatoms. The average Bonchev–Trinajstić information content (AvgIpc) is 2.32. The molecule has 0 spiro atoms. The Bertz CT molecular complexity index is 262. The van der Waals surface area contributed by atoms with Crippen LogP contribution in [-0.4, -0.2) is 49.6 Å². The fraction of sp³-hybridized carbons (Fsp3) is 0.818. The molecule has 0 aliphatic carbocycles. The number of nitrogens with one attached hydrogen (secondary N) is 2. The molecule has 0 rings (SSSR count). The van der Waals surface area contributed by atoms with Gasteiger partial charge in [0, 0.05) is 27.2 Å². The highest BCUT2D eigenvalue weighted by Crippen LogP contribution is 2.10. The maximum atomic E-state index is 11.7. The molecule has 0 aliphatic heterocycles. The van der Waals surface area contributed by atoms with Gasteiger partial charge in [-0.15, -0.1) is 0 Å². The van der Waals surface area contributed by atoms with Crippen molar-refractivity contribution in [3.05, 3.63) is 0 Å². The number of hydrogen-bond acceptors (Lipinski definition) is 3. The molecular formula is C11H24N4O2. The molecule has 0 aromatic rings. The van der Waals surface area contributed by atoms with Crippen molar-refractivity contribution in [2.75, 3.05) is 27.2 Å². The molecule has 0 radical (unpaired) electrons. The molecule has 0 saturated heterocycles. The van der Waals surface area contributed by atoms with E-state index in [4.69, 9.17) is 5.73 Å². The molecule has 0 heterocycles. The Hall–Kier alpha value is -1.30. The monoisotopic (exact) mass is 244 g/mol. The van der Waals surface area contributed by atoms with Crippen LogP contribution in [0.3, 0.4) is 0 Å². The first-order valence-electron chi connectivity index (χ1n) is 5.89. The van der Waals surface area contributed by atoms with Gasteiger partial charge < -0.3 is 21.3 Å². The summed E-state index contributed by atoms with van der Waals surface area (Å²) >= 11 is 0. The molecule has 0 unspecified atom stereocenters. The number of amides is 3. The van der Waals surface area contributed by atoms with E-state index in [2.05, 4.69) is 10.6 Å². The second-order valence-corrected chi connectivity index (χ2v) is 4.25. The van der Waals surface area contributed by atoms with Crippen molar-refractivity contribution in [3.63, 3.8) is 0 Å². The molecule has 0 atom stereocenters. The van der Waals surface area contributed by atoms with E-state index in [1.54, 1.807) is 14.1 Å². The number of carbonyl (C=O) groups excluding carboxylic acids is 2. The predicted molar refractivity (Wildman–Crippen MR) is 67.6 cm³/mol. The first-order valence-corrected chi connectivity index (χ1v) is 5.89. The fourth-order valence-electron chi connectivity index (χ4n) is 1.25. The number of nitrogens with two attached hydrogens (primary N) is 1. The zero-order valence-corrected chi connectivity index (χ0v) is 11.2. The summed E-state index contributed by atoms with van der Waals surface area (Å²) < 4.78 is 0. The summed E-state index contributed by atoms with van der Waals surface area (Å²) in [5.74, 6) is -0.165. The highest BCUT2D eigenvalue weighted by atomic mass is 16.2. The van der Waals surface area contributed by atoms with E-state index in [0.717, 1.165) is 0 Å². The molecule has 100 valence electrons. The molecule has 17 heavy (non-hydrogen) atoms. The minimum Gasteiger partial charge on any atom is -0.353 e. The molecule has 0 aromatic carbocycles. The van der Waals surface area contributed by atoms with Crippen molar-refractivity contribution in [3.8, 4) is 0 Å². The highest BCUT2D eigenvalue weighted by Gasteiger charge is 2.29. The summed E-state index contributed by atoms with van der Waals surface area (Å²) in [6, 6.07) is -0.177. The topological polar surface area (TPSA) is 87.5 Å². The highest BCUT2D eigenvalue weighted by molar-refractivity contribution is 5.85. The second-order valence-electron chi connectivity index (χ2n) is 4.25. The lowest BCUT2D eigenvalue weighted by Crippen LogP contribution is -2.54. The van der Waals surface area contributed by atoms with Crippen molar-refractivity contribution in [2.45, 2.75) is 32.2 Å². The van der Waals surface area contributed by atoms with Crippen LogP contribution in [0.25, 0.3) is 0 Å². The van der Waals surface area contributed by atoms with Crippen LogP contribution in [-0.2, 0) is 4.79 Å². The molecule has 0 saturated carbocycles. The zero-order valence-electron chi connectivity index (χ0n) is 11.2. The van der Waals surface area contributed by atoms with Gasteiger partial charge in [0.05, 0.1) is 5.54 Å². The SMILES string of the molecule is CCC(N)(CC)C(=O)NCCNC(=O)N(C)C. The van der Waals surface area contributed by atoms with Gasteiger partial charge in [-0.2, -0.15) is 0 Å². The van der Waals surface area contributed by atoms with Crippen molar-refractivity contribution in [2.24, 2.45) is 5.73 Å². The molecule has 6 nitrogen and oxygen atoms in total. The van der Waals surface area contributed by atoms with Gasteiger partial charge in [0.15, 0.2) is 0 Å². The Morgan fingerprint density at radius 2 is 1.59 bits per heavy atom. The van der Waals surface area contributed by atoms with Crippen molar-refractivity contribution in [1.29, 1.82) is 0 Å². The van der Waals surface area contributed by atoms with E-state index in [9.17, 15) is 9.59 Å². The number of urea groups is 1. The molecular weight excluding hydrogens is 220 g/mol. The molecule has 0 fully saturated rings. The number of hydrogen-bond donors (Lipinski definition) is 3. The third kappa shape index (κ3) is 5.04. The summed E-state index contributed by atoms with van der Waals surface area (Å²) in [5.41, 5.74) is 5.12. The van der Waals surface area contributed by atoms with Crippen LogP contribution in [0.5, 0.6) is 0 Å². The summed E-state index contributed by atoms with van der Waals surface area (Å²) in [4.78, 5) is 24.4. The van der Waals surface area contributed by atoms with Gasteiger partial charge in [-0.05, 0) is 12.8 Å². The Morgan fingerprint density at radius 1 is 1.12 bits per heavy atom. The van der Waals surface area contributed by atoms with Crippen LogP contribution >= 0.6 is 0 Å². The van der Waals surface area contributed by atoms with Gasteiger partial charge in [0.25, 0.3) is 0 Å². The molecule has 3 amide bonds. The van der Waals surface area contributed by atoms with Gasteiger partial charge in [-0.3, -0.25) is 4.79 Å². The normalized spacial score (nSPS) is 10.9. The van der Waals surface area contributed by atoms with Crippen LogP contribution in [0.15, 0.2) is 0 Å². The molecule has 0 aliphatic rings. The quantitative estimate of drug-likeness (QED) is 0.570. The zero-order chi connectivity index (χ0) is 13.5. The number of rotatable bonds is 6. The van der Waals surface area contributed by atoms with E-state index in [0.29, 0.717) is 25.9 Å². The Labute approximate surface area is 103 Å². The summed E-state index contributed by atoms with van der Waals surface area (Å²) in [6.07, 6.45) is 1.19.